The zero-order chi connectivity index (χ0) is 13.0. The van der Waals surface area contributed by atoms with Crippen molar-refractivity contribution in [3.05, 3.63) is 30.5 Å². The van der Waals surface area contributed by atoms with Gasteiger partial charge in [-0.3, -0.25) is 4.98 Å². The van der Waals surface area contributed by atoms with Gasteiger partial charge in [-0.05, 0) is 18.6 Å². The molecule has 0 atom stereocenters. The fourth-order valence-electron chi connectivity index (χ4n) is 2.24. The molecule has 0 radical (unpaired) electrons. The van der Waals surface area contributed by atoms with Crippen LogP contribution in [0.4, 0.5) is 11.4 Å². The van der Waals surface area contributed by atoms with Crippen LogP contribution in [0.2, 0.25) is 0 Å². The molecule has 0 fully saturated rings. The Morgan fingerprint density at radius 1 is 1.22 bits per heavy atom. The molecule has 0 aliphatic rings. The van der Waals surface area contributed by atoms with E-state index in [4.69, 9.17) is 5.73 Å². The number of nitrogens with zero attached hydrogens (tertiary/aromatic N) is 2. The van der Waals surface area contributed by atoms with Gasteiger partial charge in [0.05, 0.1) is 11.2 Å². The second kappa shape index (κ2) is 5.71. The van der Waals surface area contributed by atoms with Crippen LogP contribution in [0.3, 0.4) is 0 Å². The van der Waals surface area contributed by atoms with Gasteiger partial charge in [0.25, 0.3) is 0 Å². The molecule has 3 heteroatoms. The maximum Gasteiger partial charge on any atom is 0.0951 e. The van der Waals surface area contributed by atoms with Crippen LogP contribution in [0.1, 0.15) is 26.2 Å². The predicted octanol–water partition coefficient (Wildman–Crippen LogP) is 3.44. The second-order valence-corrected chi connectivity index (χ2v) is 4.70. The number of aromatic nitrogens is 1. The van der Waals surface area contributed by atoms with Gasteiger partial charge in [-0.1, -0.05) is 31.9 Å². The van der Waals surface area contributed by atoms with E-state index in [9.17, 15) is 0 Å². The van der Waals surface area contributed by atoms with Crippen molar-refractivity contribution in [2.24, 2.45) is 0 Å². The first-order valence-electron chi connectivity index (χ1n) is 6.58. The van der Waals surface area contributed by atoms with Crippen LogP contribution < -0.4 is 10.6 Å². The second-order valence-electron chi connectivity index (χ2n) is 4.70. The van der Waals surface area contributed by atoms with Crippen LogP contribution in [0.5, 0.6) is 0 Å². The fourth-order valence-corrected chi connectivity index (χ4v) is 2.24. The van der Waals surface area contributed by atoms with Crippen molar-refractivity contribution >= 4 is 22.3 Å². The molecule has 2 aromatic rings. The van der Waals surface area contributed by atoms with Crippen LogP contribution in [-0.2, 0) is 0 Å². The quantitative estimate of drug-likeness (QED) is 0.646. The molecule has 1 heterocycles. The zero-order valence-electron chi connectivity index (χ0n) is 11.2. The van der Waals surface area contributed by atoms with Crippen molar-refractivity contribution in [3.8, 4) is 0 Å². The van der Waals surface area contributed by atoms with Gasteiger partial charge >= 0.3 is 0 Å². The molecule has 0 unspecified atom stereocenters. The molecular formula is C15H21N3. The number of pyridine rings is 1. The van der Waals surface area contributed by atoms with E-state index in [2.05, 4.69) is 36.0 Å². The van der Waals surface area contributed by atoms with E-state index in [1.165, 1.54) is 24.9 Å². The Kier molecular flexibility index (Phi) is 4.03. The Labute approximate surface area is 109 Å². The summed E-state index contributed by atoms with van der Waals surface area (Å²) in [4.78, 5) is 6.66. The number of anilines is 2. The van der Waals surface area contributed by atoms with Gasteiger partial charge in [0, 0.05) is 30.9 Å². The van der Waals surface area contributed by atoms with Gasteiger partial charge < -0.3 is 10.6 Å². The number of nitrogens with two attached hydrogens (primary N) is 1. The molecule has 18 heavy (non-hydrogen) atoms. The van der Waals surface area contributed by atoms with E-state index >= 15 is 0 Å². The van der Waals surface area contributed by atoms with Crippen LogP contribution >= 0.6 is 0 Å². The zero-order valence-corrected chi connectivity index (χ0v) is 11.2. The van der Waals surface area contributed by atoms with Crippen molar-refractivity contribution < 1.29 is 0 Å². The van der Waals surface area contributed by atoms with Gasteiger partial charge in [0.2, 0.25) is 0 Å². The molecule has 2 N–H and O–H groups in total. The minimum atomic E-state index is 0.747. The average molecular weight is 243 g/mol. The third-order valence-electron chi connectivity index (χ3n) is 3.29. The molecule has 3 nitrogen and oxygen atoms in total. The average Bonchev–Trinajstić information content (AvgIpc) is 2.39. The summed E-state index contributed by atoms with van der Waals surface area (Å²) in [5, 5.41) is 1.14. The number of benzene rings is 1. The van der Waals surface area contributed by atoms with Crippen molar-refractivity contribution in [2.45, 2.75) is 26.2 Å². The number of rotatable bonds is 5. The lowest BCUT2D eigenvalue weighted by atomic mass is 10.1. The minimum Gasteiger partial charge on any atom is -0.397 e. The Hall–Kier alpha value is -1.77. The largest absolute Gasteiger partial charge is 0.397 e. The minimum absolute atomic E-state index is 0.747. The van der Waals surface area contributed by atoms with Crippen LogP contribution in [0.15, 0.2) is 30.5 Å². The van der Waals surface area contributed by atoms with Gasteiger partial charge in [-0.2, -0.15) is 0 Å². The normalized spacial score (nSPS) is 10.8. The first-order chi connectivity index (χ1) is 8.74. The molecule has 0 spiro atoms. The molecule has 1 aromatic carbocycles. The predicted molar refractivity (Wildman–Crippen MR) is 79.0 cm³/mol. The fraction of sp³-hybridized carbons (Fsp3) is 0.400. The van der Waals surface area contributed by atoms with Gasteiger partial charge in [0.1, 0.15) is 0 Å². The lowest BCUT2D eigenvalue weighted by molar-refractivity contribution is 0.706. The summed E-state index contributed by atoms with van der Waals surface area (Å²) in [6, 6.07) is 8.04. The van der Waals surface area contributed by atoms with Gasteiger partial charge in [0.15, 0.2) is 0 Å². The summed E-state index contributed by atoms with van der Waals surface area (Å²) in [6.07, 6.45) is 5.58. The number of hydrogen-bond acceptors (Lipinski definition) is 3. The molecule has 0 aliphatic heterocycles. The van der Waals surface area contributed by atoms with Gasteiger partial charge in [-0.15, -0.1) is 0 Å². The molecule has 96 valence electrons. The number of para-hydroxylation sites is 1. The molecule has 1 aromatic heterocycles. The topological polar surface area (TPSA) is 42.2 Å². The number of hydrogen-bond donors (Lipinski definition) is 1. The van der Waals surface area contributed by atoms with Crippen LogP contribution in [-0.4, -0.2) is 18.6 Å². The highest BCUT2D eigenvalue weighted by atomic mass is 15.1. The summed E-state index contributed by atoms with van der Waals surface area (Å²) in [6.45, 7) is 3.30. The third-order valence-corrected chi connectivity index (χ3v) is 3.29. The number of fused-ring (bicyclic) bond motifs is 1. The Morgan fingerprint density at radius 2 is 2.06 bits per heavy atom. The number of nitrogen functional groups attached to an aromatic ring is 1. The molecule has 0 saturated heterocycles. The summed E-state index contributed by atoms with van der Waals surface area (Å²) in [7, 11) is 2.13. The third kappa shape index (κ3) is 2.55. The van der Waals surface area contributed by atoms with Gasteiger partial charge in [-0.25, -0.2) is 0 Å². The highest BCUT2D eigenvalue weighted by Gasteiger charge is 2.07. The Morgan fingerprint density at radius 3 is 2.83 bits per heavy atom. The van der Waals surface area contributed by atoms with E-state index in [1.54, 1.807) is 0 Å². The highest BCUT2D eigenvalue weighted by molar-refractivity contribution is 5.97. The Balaban J connectivity index is 2.30. The van der Waals surface area contributed by atoms with Crippen molar-refractivity contribution in [1.82, 2.24) is 4.98 Å². The molecule has 0 saturated carbocycles. The first kappa shape index (κ1) is 12.7. The summed E-state index contributed by atoms with van der Waals surface area (Å²) in [5.74, 6) is 0. The van der Waals surface area contributed by atoms with E-state index < -0.39 is 0 Å². The van der Waals surface area contributed by atoms with E-state index in [0.29, 0.717) is 0 Å². The van der Waals surface area contributed by atoms with Crippen molar-refractivity contribution in [1.29, 1.82) is 0 Å². The van der Waals surface area contributed by atoms with E-state index in [0.717, 1.165) is 23.1 Å². The van der Waals surface area contributed by atoms with Crippen LogP contribution in [0.25, 0.3) is 10.9 Å². The molecule has 0 bridgehead atoms. The molecule has 2 rings (SSSR count). The summed E-state index contributed by atoms with van der Waals surface area (Å²) >= 11 is 0. The molecular weight excluding hydrogens is 222 g/mol. The molecule has 0 aliphatic carbocycles. The maximum atomic E-state index is 5.97. The monoisotopic (exact) mass is 243 g/mol. The highest BCUT2D eigenvalue weighted by Crippen LogP contribution is 2.27. The summed E-state index contributed by atoms with van der Waals surface area (Å²) < 4.78 is 0. The van der Waals surface area contributed by atoms with Crippen molar-refractivity contribution in [3.63, 3.8) is 0 Å². The molecule has 0 amide bonds. The van der Waals surface area contributed by atoms with Crippen LogP contribution in [0, 0.1) is 0 Å². The SMILES string of the molecule is CCCCCN(C)c1ccnc2c(N)cccc12. The summed E-state index contributed by atoms with van der Waals surface area (Å²) in [5.41, 5.74) is 8.82. The number of unbranched alkanes of at least 4 members (excludes halogenated alkanes) is 2. The first-order valence-corrected chi connectivity index (χ1v) is 6.58. The van der Waals surface area contributed by atoms with E-state index in [1.807, 2.05) is 18.3 Å². The lowest BCUT2D eigenvalue weighted by Crippen LogP contribution is -2.18. The lowest BCUT2D eigenvalue weighted by Gasteiger charge is -2.21. The smallest absolute Gasteiger partial charge is 0.0951 e. The Bertz CT molecular complexity index is 522. The maximum absolute atomic E-state index is 5.97. The van der Waals surface area contributed by atoms with Crippen molar-refractivity contribution in [2.75, 3.05) is 24.2 Å². The standard InChI is InChI=1S/C15H21N3/c1-3-4-5-11-18(2)14-9-10-17-15-12(14)7-6-8-13(15)16/h6-10H,3-5,11,16H2,1-2H3. The van der Waals surface area contributed by atoms with E-state index in [-0.39, 0.29) is 0 Å².